The summed E-state index contributed by atoms with van der Waals surface area (Å²) < 4.78 is 0. The Bertz CT molecular complexity index is 458. The van der Waals surface area contributed by atoms with Crippen LogP contribution in [0.4, 0.5) is 0 Å². The van der Waals surface area contributed by atoms with E-state index in [0.717, 1.165) is 21.6 Å². The number of hydrogen-bond donors (Lipinski definition) is 1. The average molecular weight is 284 g/mol. The number of amides is 1. The fraction of sp³-hybridized carbons (Fsp3) is 0.455. The van der Waals surface area contributed by atoms with Gasteiger partial charge >= 0.3 is 0 Å². The molecular formula is C11H16N4OS2. The third-order valence-corrected chi connectivity index (χ3v) is 3.21. The summed E-state index contributed by atoms with van der Waals surface area (Å²) in [7, 11) is 0. The van der Waals surface area contributed by atoms with Crippen LogP contribution in [-0.4, -0.2) is 33.6 Å². The summed E-state index contributed by atoms with van der Waals surface area (Å²) >= 11 is 2.87. The number of nitrogens with zero attached hydrogens (tertiary/aromatic N) is 3. The highest BCUT2D eigenvalue weighted by Gasteiger charge is 2.05. The van der Waals surface area contributed by atoms with Gasteiger partial charge in [0.25, 0.3) is 0 Å². The highest BCUT2D eigenvalue weighted by molar-refractivity contribution is 8.00. The number of aryl methyl sites for hydroxylation is 1. The molecule has 0 aromatic carbocycles. The van der Waals surface area contributed by atoms with Gasteiger partial charge in [0, 0.05) is 11.4 Å². The monoisotopic (exact) mass is 284 g/mol. The number of thioether (sulfide) groups is 2. The van der Waals surface area contributed by atoms with Gasteiger partial charge in [-0.05, 0) is 33.1 Å². The second kappa shape index (κ2) is 7.38. The smallest absolute Gasteiger partial charge is 0.250 e. The van der Waals surface area contributed by atoms with Crippen LogP contribution in [0.2, 0.25) is 0 Å². The molecule has 0 fully saturated rings. The summed E-state index contributed by atoms with van der Waals surface area (Å²) in [5, 5.41) is 5.38. The average Bonchev–Trinajstić information content (AvgIpc) is 2.33. The maximum absolute atomic E-state index is 11.5. The second-order valence-corrected chi connectivity index (χ2v) is 5.49. The number of carbonyl (C=O) groups excluding carboxylic acids is 1. The second-order valence-electron chi connectivity index (χ2n) is 3.72. The number of rotatable bonds is 5. The zero-order valence-electron chi connectivity index (χ0n) is 10.9. The molecule has 0 saturated heterocycles. The molecule has 1 amide bonds. The van der Waals surface area contributed by atoms with Crippen molar-refractivity contribution in [3.05, 3.63) is 11.8 Å². The van der Waals surface area contributed by atoms with Crippen molar-refractivity contribution >= 4 is 35.1 Å². The Kier molecular flexibility index (Phi) is 6.14. The molecule has 0 aliphatic heterocycles. The van der Waals surface area contributed by atoms with Gasteiger partial charge in [-0.25, -0.2) is 15.4 Å². The Morgan fingerprint density at radius 2 is 2.17 bits per heavy atom. The Labute approximate surface area is 115 Å². The first-order chi connectivity index (χ1) is 8.51. The molecule has 0 radical (unpaired) electrons. The van der Waals surface area contributed by atoms with E-state index in [0.29, 0.717) is 5.75 Å². The highest BCUT2D eigenvalue weighted by atomic mass is 32.2. The van der Waals surface area contributed by atoms with Crippen molar-refractivity contribution in [2.24, 2.45) is 5.10 Å². The molecule has 0 spiro atoms. The van der Waals surface area contributed by atoms with E-state index < -0.39 is 0 Å². The molecule has 1 aromatic rings. The Morgan fingerprint density at radius 3 is 2.78 bits per heavy atom. The molecule has 0 atom stereocenters. The van der Waals surface area contributed by atoms with Gasteiger partial charge in [0.05, 0.1) is 5.75 Å². The van der Waals surface area contributed by atoms with Gasteiger partial charge in [-0.1, -0.05) is 23.5 Å². The maximum atomic E-state index is 11.5. The lowest BCUT2D eigenvalue weighted by molar-refractivity contribution is -0.118. The molecule has 5 nitrogen and oxygen atoms in total. The molecule has 1 heterocycles. The summed E-state index contributed by atoms with van der Waals surface area (Å²) in [4.78, 5) is 20.0. The van der Waals surface area contributed by atoms with Gasteiger partial charge in [-0.3, -0.25) is 4.79 Å². The van der Waals surface area contributed by atoms with E-state index in [1.807, 2.05) is 33.1 Å². The number of hydrazone groups is 1. The largest absolute Gasteiger partial charge is 0.272 e. The van der Waals surface area contributed by atoms with Crippen molar-refractivity contribution in [1.82, 2.24) is 15.4 Å². The number of nitrogens with one attached hydrogen (secondary N) is 1. The van der Waals surface area contributed by atoms with Crippen molar-refractivity contribution < 1.29 is 4.79 Å². The molecule has 0 aliphatic rings. The van der Waals surface area contributed by atoms with Crippen LogP contribution in [0.3, 0.4) is 0 Å². The summed E-state index contributed by atoms with van der Waals surface area (Å²) in [5.41, 5.74) is 4.19. The van der Waals surface area contributed by atoms with Gasteiger partial charge in [0.2, 0.25) is 5.91 Å². The Morgan fingerprint density at radius 1 is 1.44 bits per heavy atom. The number of aromatic nitrogens is 2. The Hall–Kier alpha value is -1.08. The predicted octanol–water partition coefficient (Wildman–Crippen LogP) is 2.11. The van der Waals surface area contributed by atoms with E-state index in [2.05, 4.69) is 20.5 Å². The molecule has 1 N–H and O–H groups in total. The third kappa shape index (κ3) is 5.50. The summed E-state index contributed by atoms with van der Waals surface area (Å²) in [5.74, 6) is 0.157. The van der Waals surface area contributed by atoms with Crippen LogP contribution in [0.1, 0.15) is 19.5 Å². The van der Waals surface area contributed by atoms with E-state index in [4.69, 9.17) is 0 Å². The lowest BCUT2D eigenvalue weighted by atomic mass is 10.5. The van der Waals surface area contributed by atoms with E-state index in [1.165, 1.54) is 23.5 Å². The van der Waals surface area contributed by atoms with Crippen LogP contribution >= 0.6 is 23.5 Å². The standard InChI is InChI=1S/C11H16N4OS2/c1-7(2)14-15-9(16)6-18-10-5-8(3)12-11(13-10)17-4/h5H,6H2,1-4H3,(H,15,16). The van der Waals surface area contributed by atoms with Crippen LogP contribution < -0.4 is 5.43 Å². The van der Waals surface area contributed by atoms with Crippen molar-refractivity contribution in [1.29, 1.82) is 0 Å². The van der Waals surface area contributed by atoms with Gasteiger partial charge in [0.15, 0.2) is 5.16 Å². The lowest BCUT2D eigenvalue weighted by Crippen LogP contribution is -2.20. The quantitative estimate of drug-likeness (QED) is 0.295. The summed E-state index contributed by atoms with van der Waals surface area (Å²) in [6, 6.07) is 1.87. The minimum Gasteiger partial charge on any atom is -0.272 e. The first-order valence-corrected chi connectivity index (χ1v) is 7.54. The van der Waals surface area contributed by atoms with Gasteiger partial charge < -0.3 is 0 Å². The first kappa shape index (κ1) is 15.0. The van der Waals surface area contributed by atoms with Crippen molar-refractivity contribution in [2.45, 2.75) is 31.0 Å². The zero-order chi connectivity index (χ0) is 13.5. The maximum Gasteiger partial charge on any atom is 0.250 e. The number of hydrogen-bond acceptors (Lipinski definition) is 6. The molecular weight excluding hydrogens is 268 g/mol. The van der Waals surface area contributed by atoms with Crippen LogP contribution in [0, 0.1) is 6.92 Å². The molecule has 98 valence electrons. The molecule has 0 aliphatic carbocycles. The molecule has 0 unspecified atom stereocenters. The molecule has 0 bridgehead atoms. The molecule has 1 aromatic heterocycles. The fourth-order valence-corrected chi connectivity index (χ4v) is 2.26. The summed E-state index contributed by atoms with van der Waals surface area (Å²) in [6.45, 7) is 5.56. The SMILES string of the molecule is CSc1nc(C)cc(SCC(=O)NN=C(C)C)n1. The van der Waals surface area contributed by atoms with Crippen LogP contribution in [-0.2, 0) is 4.79 Å². The van der Waals surface area contributed by atoms with Gasteiger partial charge in [-0.2, -0.15) is 5.10 Å². The predicted molar refractivity (Wildman–Crippen MR) is 76.2 cm³/mol. The van der Waals surface area contributed by atoms with E-state index in [9.17, 15) is 4.79 Å². The van der Waals surface area contributed by atoms with Crippen molar-refractivity contribution in [3.63, 3.8) is 0 Å². The first-order valence-electron chi connectivity index (χ1n) is 5.33. The van der Waals surface area contributed by atoms with Crippen LogP contribution in [0.5, 0.6) is 0 Å². The van der Waals surface area contributed by atoms with Gasteiger partial charge in [-0.15, -0.1) is 0 Å². The topological polar surface area (TPSA) is 67.2 Å². The molecule has 1 rings (SSSR count). The lowest BCUT2D eigenvalue weighted by Gasteiger charge is -2.03. The minimum absolute atomic E-state index is 0.136. The Balaban J connectivity index is 2.55. The molecule has 0 saturated carbocycles. The van der Waals surface area contributed by atoms with Crippen molar-refractivity contribution in [2.75, 3.05) is 12.0 Å². The molecule has 7 heteroatoms. The molecule has 18 heavy (non-hydrogen) atoms. The summed E-state index contributed by atoms with van der Waals surface area (Å²) in [6.07, 6.45) is 1.93. The third-order valence-electron chi connectivity index (χ3n) is 1.75. The number of carbonyl (C=O) groups is 1. The zero-order valence-corrected chi connectivity index (χ0v) is 12.5. The van der Waals surface area contributed by atoms with E-state index in [-0.39, 0.29) is 5.91 Å². The van der Waals surface area contributed by atoms with Crippen LogP contribution in [0.25, 0.3) is 0 Å². The highest BCUT2D eigenvalue weighted by Crippen LogP contribution is 2.19. The van der Waals surface area contributed by atoms with E-state index >= 15 is 0 Å². The van der Waals surface area contributed by atoms with Crippen LogP contribution in [0.15, 0.2) is 21.4 Å². The van der Waals surface area contributed by atoms with Gasteiger partial charge in [0.1, 0.15) is 5.03 Å². The minimum atomic E-state index is -0.136. The normalized spacial score (nSPS) is 10.0. The fourth-order valence-electron chi connectivity index (χ4n) is 1.02. The van der Waals surface area contributed by atoms with Crippen molar-refractivity contribution in [3.8, 4) is 0 Å². The van der Waals surface area contributed by atoms with E-state index in [1.54, 1.807) is 0 Å².